The molecule has 3 rings (SSSR count). The van der Waals surface area contributed by atoms with Gasteiger partial charge in [-0.25, -0.2) is 0 Å². The van der Waals surface area contributed by atoms with Gasteiger partial charge < -0.3 is 11.1 Å². The van der Waals surface area contributed by atoms with Gasteiger partial charge in [0.05, 0.1) is 17.0 Å². The molecule has 0 aromatic carbocycles. The summed E-state index contributed by atoms with van der Waals surface area (Å²) >= 11 is 1.50. The normalized spacial score (nSPS) is 18.0. The lowest BCUT2D eigenvalue weighted by molar-refractivity contribution is 0.0927. The molecule has 0 saturated heterocycles. The smallest absolute Gasteiger partial charge is 0.252 e. The average Bonchev–Trinajstić information content (AvgIpc) is 3.32. The second kappa shape index (κ2) is 5.36. The number of nitrogens with one attached hydrogen (secondary N) is 1. The summed E-state index contributed by atoms with van der Waals surface area (Å²) in [5, 5.41) is 5.10. The number of nitrogens with two attached hydrogens (primary N) is 1. The van der Waals surface area contributed by atoms with Crippen molar-refractivity contribution < 1.29 is 4.79 Å². The van der Waals surface area contributed by atoms with Crippen LogP contribution in [0.15, 0.2) is 11.4 Å². The van der Waals surface area contributed by atoms with Crippen LogP contribution in [-0.4, -0.2) is 18.5 Å². The van der Waals surface area contributed by atoms with Gasteiger partial charge in [0.25, 0.3) is 5.91 Å². The van der Waals surface area contributed by atoms with E-state index in [-0.39, 0.29) is 5.91 Å². The zero-order valence-corrected chi connectivity index (χ0v) is 11.6. The van der Waals surface area contributed by atoms with Crippen LogP contribution in [0, 0.1) is 23.7 Å². The number of amides is 1. The monoisotopic (exact) mass is 274 g/mol. The minimum Gasteiger partial charge on any atom is -0.349 e. The van der Waals surface area contributed by atoms with Gasteiger partial charge >= 0.3 is 0 Å². The molecule has 0 spiro atoms. The molecule has 1 aromatic rings. The maximum Gasteiger partial charge on any atom is 0.252 e. The number of hydrogen-bond acceptors (Lipinski definition) is 3. The molecule has 1 amide bonds. The Morgan fingerprint density at radius 1 is 1.42 bits per heavy atom. The minimum atomic E-state index is 0.0563. The molecule has 3 N–H and O–H groups in total. The topological polar surface area (TPSA) is 55.1 Å². The fraction of sp³-hybridized carbons (Fsp3) is 0.533. The molecule has 19 heavy (non-hydrogen) atoms. The predicted molar refractivity (Wildman–Crippen MR) is 77.0 cm³/mol. The second-order valence-corrected chi connectivity index (χ2v) is 6.29. The summed E-state index contributed by atoms with van der Waals surface area (Å²) in [6, 6.07) is 2.27. The average molecular weight is 274 g/mol. The Balaban J connectivity index is 1.64. The number of rotatable bonds is 4. The van der Waals surface area contributed by atoms with Crippen LogP contribution in [0.3, 0.4) is 0 Å². The van der Waals surface area contributed by atoms with Crippen molar-refractivity contribution in [2.24, 2.45) is 17.6 Å². The van der Waals surface area contributed by atoms with E-state index >= 15 is 0 Å². The molecule has 0 unspecified atom stereocenters. The molecule has 4 heteroatoms. The Morgan fingerprint density at radius 3 is 2.68 bits per heavy atom. The van der Waals surface area contributed by atoms with Crippen LogP contribution in [0.25, 0.3) is 0 Å². The van der Waals surface area contributed by atoms with Crippen LogP contribution in [0.1, 0.15) is 40.9 Å². The van der Waals surface area contributed by atoms with E-state index < -0.39 is 0 Å². The summed E-state index contributed by atoms with van der Waals surface area (Å²) in [6.07, 6.45) is 5.10. The number of thiophene rings is 1. The van der Waals surface area contributed by atoms with Crippen molar-refractivity contribution in [1.82, 2.24) is 5.32 Å². The number of carbonyl (C=O) groups is 1. The molecular weight excluding hydrogens is 256 g/mol. The van der Waals surface area contributed by atoms with Gasteiger partial charge in [0, 0.05) is 11.4 Å². The molecule has 2 saturated carbocycles. The summed E-state index contributed by atoms with van der Waals surface area (Å²) in [6.45, 7) is 0.352. The first-order valence-electron chi connectivity index (χ1n) is 6.86. The molecule has 0 radical (unpaired) electrons. The molecule has 3 nitrogen and oxygen atoms in total. The zero-order chi connectivity index (χ0) is 13.2. The third-order valence-corrected chi connectivity index (χ3v) is 4.58. The Morgan fingerprint density at radius 2 is 2.11 bits per heavy atom. The van der Waals surface area contributed by atoms with Gasteiger partial charge in [-0.15, -0.1) is 11.3 Å². The van der Waals surface area contributed by atoms with E-state index in [9.17, 15) is 4.79 Å². The van der Waals surface area contributed by atoms with Crippen LogP contribution in [0.2, 0.25) is 0 Å². The summed E-state index contributed by atoms with van der Waals surface area (Å²) in [5.41, 5.74) is 6.07. The molecule has 2 aliphatic rings. The first-order chi connectivity index (χ1) is 9.28. The Kier molecular flexibility index (Phi) is 3.58. The van der Waals surface area contributed by atoms with Crippen LogP contribution in [0.4, 0.5) is 0 Å². The van der Waals surface area contributed by atoms with E-state index in [0.717, 1.165) is 22.3 Å². The van der Waals surface area contributed by atoms with Crippen LogP contribution < -0.4 is 11.1 Å². The highest BCUT2D eigenvalue weighted by Crippen LogP contribution is 2.44. The lowest BCUT2D eigenvalue weighted by Crippen LogP contribution is -2.37. The van der Waals surface area contributed by atoms with Crippen molar-refractivity contribution in [2.45, 2.75) is 31.7 Å². The number of carbonyl (C=O) groups excluding carboxylic acids is 1. The lowest BCUT2D eigenvalue weighted by atomic mass is 10.1. The maximum atomic E-state index is 12.2. The SMILES string of the molecule is NCC#Cc1cc(C(=O)NC(C2CC2)C2CC2)cs1. The molecular formula is C15H18N2OS. The van der Waals surface area contributed by atoms with Crippen LogP contribution in [-0.2, 0) is 0 Å². The highest BCUT2D eigenvalue weighted by molar-refractivity contribution is 7.10. The summed E-state index contributed by atoms with van der Waals surface area (Å²) in [7, 11) is 0. The standard InChI is InChI=1S/C15H18N2OS/c16-7-1-2-13-8-12(9-19-13)15(18)17-14(10-3-4-10)11-5-6-11/h8-11,14H,3-7,16H2,(H,17,18). The van der Waals surface area contributed by atoms with Gasteiger partial charge in [0.15, 0.2) is 0 Å². The Hall–Kier alpha value is -1.31. The third kappa shape index (κ3) is 3.17. The molecule has 1 heterocycles. The van der Waals surface area contributed by atoms with E-state index in [2.05, 4.69) is 17.2 Å². The third-order valence-electron chi connectivity index (χ3n) is 3.73. The summed E-state index contributed by atoms with van der Waals surface area (Å²) in [5.74, 6) is 7.29. The van der Waals surface area contributed by atoms with Gasteiger partial charge in [0.1, 0.15) is 0 Å². The van der Waals surface area contributed by atoms with Crippen LogP contribution >= 0.6 is 11.3 Å². The van der Waals surface area contributed by atoms with E-state index in [4.69, 9.17) is 5.73 Å². The quantitative estimate of drug-likeness (QED) is 0.825. The van der Waals surface area contributed by atoms with Crippen molar-refractivity contribution in [2.75, 3.05) is 6.54 Å². The largest absolute Gasteiger partial charge is 0.349 e. The minimum absolute atomic E-state index is 0.0563. The first kappa shape index (κ1) is 12.7. The number of hydrogen-bond donors (Lipinski definition) is 2. The van der Waals surface area contributed by atoms with Crippen molar-refractivity contribution in [3.63, 3.8) is 0 Å². The van der Waals surface area contributed by atoms with Gasteiger partial charge in [-0.2, -0.15) is 0 Å². The second-order valence-electron chi connectivity index (χ2n) is 5.38. The van der Waals surface area contributed by atoms with Gasteiger partial charge in [-0.05, 0) is 43.6 Å². The first-order valence-corrected chi connectivity index (χ1v) is 7.74. The Labute approximate surface area is 117 Å². The fourth-order valence-corrected chi connectivity index (χ4v) is 3.18. The van der Waals surface area contributed by atoms with E-state index in [1.54, 1.807) is 0 Å². The van der Waals surface area contributed by atoms with Crippen molar-refractivity contribution >= 4 is 17.2 Å². The molecule has 0 aliphatic heterocycles. The molecule has 100 valence electrons. The predicted octanol–water partition coefficient (Wildman–Crippen LogP) is 1.98. The van der Waals surface area contributed by atoms with Crippen molar-refractivity contribution in [3.8, 4) is 11.8 Å². The highest BCUT2D eigenvalue weighted by Gasteiger charge is 2.42. The Bertz CT molecular complexity index is 520. The molecule has 1 aromatic heterocycles. The van der Waals surface area contributed by atoms with E-state index in [1.165, 1.54) is 37.0 Å². The van der Waals surface area contributed by atoms with Crippen molar-refractivity contribution in [1.29, 1.82) is 0 Å². The van der Waals surface area contributed by atoms with E-state index in [1.807, 2.05) is 11.4 Å². The molecule has 0 atom stereocenters. The van der Waals surface area contributed by atoms with Gasteiger partial charge in [0.2, 0.25) is 0 Å². The van der Waals surface area contributed by atoms with Crippen molar-refractivity contribution in [3.05, 3.63) is 21.9 Å². The van der Waals surface area contributed by atoms with Crippen LogP contribution in [0.5, 0.6) is 0 Å². The van der Waals surface area contributed by atoms with Gasteiger partial charge in [-0.3, -0.25) is 4.79 Å². The van der Waals surface area contributed by atoms with E-state index in [0.29, 0.717) is 12.6 Å². The zero-order valence-electron chi connectivity index (χ0n) is 10.8. The summed E-state index contributed by atoms with van der Waals surface area (Å²) in [4.78, 5) is 13.1. The highest BCUT2D eigenvalue weighted by atomic mass is 32.1. The van der Waals surface area contributed by atoms with Gasteiger partial charge in [-0.1, -0.05) is 11.8 Å². The lowest BCUT2D eigenvalue weighted by Gasteiger charge is -2.16. The maximum absolute atomic E-state index is 12.2. The molecule has 2 aliphatic carbocycles. The summed E-state index contributed by atoms with van der Waals surface area (Å²) < 4.78 is 0. The molecule has 2 fully saturated rings. The molecule has 0 bridgehead atoms. The fourth-order valence-electron chi connectivity index (χ4n) is 2.42.